The molecule has 0 aliphatic heterocycles. The van der Waals surface area contributed by atoms with Crippen LogP contribution in [0.25, 0.3) is 0 Å². The minimum atomic E-state index is -0.401. The summed E-state index contributed by atoms with van der Waals surface area (Å²) >= 11 is 10.7. The number of anilines is 1. The molecule has 3 rings (SSSR count). The number of rotatable bonds is 9. The summed E-state index contributed by atoms with van der Waals surface area (Å²) in [5, 5.41) is 4.28. The number of carbonyl (C=O) groups is 1. The van der Waals surface area contributed by atoms with Crippen molar-refractivity contribution in [1.29, 1.82) is 0 Å². The Kier molecular flexibility index (Phi) is 9.22. The van der Waals surface area contributed by atoms with Crippen molar-refractivity contribution < 1.29 is 9.53 Å². The third kappa shape index (κ3) is 6.38. The van der Waals surface area contributed by atoms with Gasteiger partial charge in [-0.25, -0.2) is 4.98 Å². The number of pyridine rings is 1. The Bertz CT molecular complexity index is 1030. The molecule has 0 saturated heterocycles. The van der Waals surface area contributed by atoms with E-state index in [0.717, 1.165) is 38.2 Å². The highest BCUT2D eigenvalue weighted by Gasteiger charge is 2.24. The van der Waals surface area contributed by atoms with E-state index >= 15 is 0 Å². The van der Waals surface area contributed by atoms with Gasteiger partial charge in [0.2, 0.25) is 5.91 Å². The topological polar surface area (TPSA) is 51.2 Å². The van der Waals surface area contributed by atoms with Gasteiger partial charge >= 0.3 is 0 Å². The number of hydrogen-bond donors (Lipinski definition) is 1. The van der Waals surface area contributed by atoms with Crippen LogP contribution in [0.5, 0.6) is 5.75 Å². The number of benzene rings is 2. The predicted octanol–water partition coefficient (Wildman–Crippen LogP) is 7.11. The number of halogens is 1. The summed E-state index contributed by atoms with van der Waals surface area (Å²) in [4.78, 5) is 19.1. The molecule has 0 saturated carbocycles. The second kappa shape index (κ2) is 11.9. The van der Waals surface area contributed by atoms with Gasteiger partial charge in [-0.15, -0.1) is 35.3 Å². The second-order valence-electron chi connectivity index (χ2n) is 6.93. The van der Waals surface area contributed by atoms with Crippen LogP contribution in [0.1, 0.15) is 22.1 Å². The molecule has 4 nitrogen and oxygen atoms in total. The maximum absolute atomic E-state index is 13.5. The molecule has 0 fully saturated rings. The summed E-state index contributed by atoms with van der Waals surface area (Å²) in [6.45, 7) is 1.97. The van der Waals surface area contributed by atoms with Crippen molar-refractivity contribution in [3.8, 4) is 5.75 Å². The lowest BCUT2D eigenvalue weighted by atomic mass is 10.1. The van der Waals surface area contributed by atoms with Gasteiger partial charge in [0.25, 0.3) is 0 Å². The molecular weight excluding hydrogens is 480 g/mol. The normalized spacial score (nSPS) is 11.8. The molecule has 32 heavy (non-hydrogen) atoms. The van der Waals surface area contributed by atoms with Crippen molar-refractivity contribution in [3.05, 3.63) is 76.4 Å². The summed E-state index contributed by atoms with van der Waals surface area (Å²) in [5.74, 6) is 1.36. The lowest BCUT2D eigenvalue weighted by Gasteiger charge is -2.20. The molecule has 1 heterocycles. The Morgan fingerprint density at radius 2 is 1.78 bits per heavy atom. The van der Waals surface area contributed by atoms with Gasteiger partial charge in [0.1, 0.15) is 16.0 Å². The van der Waals surface area contributed by atoms with Gasteiger partial charge in [-0.05, 0) is 60.9 Å². The van der Waals surface area contributed by atoms with E-state index < -0.39 is 5.25 Å². The number of thioether (sulfide) groups is 3. The van der Waals surface area contributed by atoms with Crippen LogP contribution in [0.2, 0.25) is 5.02 Å². The molecule has 0 radical (unpaired) electrons. The number of hydrogen-bond acceptors (Lipinski definition) is 6. The number of amides is 1. The zero-order chi connectivity index (χ0) is 23.1. The molecule has 1 N–H and O–H groups in total. The molecule has 1 unspecified atom stereocenters. The molecule has 2 aromatic carbocycles. The minimum Gasteiger partial charge on any atom is -0.497 e. The van der Waals surface area contributed by atoms with Crippen molar-refractivity contribution in [2.45, 2.75) is 27.8 Å². The van der Waals surface area contributed by atoms with E-state index in [-0.39, 0.29) is 5.91 Å². The van der Waals surface area contributed by atoms with Gasteiger partial charge in [-0.3, -0.25) is 4.79 Å². The fourth-order valence-corrected chi connectivity index (χ4v) is 5.63. The Balaban J connectivity index is 1.89. The van der Waals surface area contributed by atoms with Gasteiger partial charge in [-0.2, -0.15) is 0 Å². The highest BCUT2D eigenvalue weighted by Crippen LogP contribution is 2.38. The average Bonchev–Trinajstić information content (AvgIpc) is 2.81. The highest BCUT2D eigenvalue weighted by molar-refractivity contribution is 8.00. The van der Waals surface area contributed by atoms with Crippen molar-refractivity contribution in [2.75, 3.05) is 24.9 Å². The highest BCUT2D eigenvalue weighted by atomic mass is 35.5. The maximum atomic E-state index is 13.5. The molecule has 1 amide bonds. The maximum Gasteiger partial charge on any atom is 0.242 e. The van der Waals surface area contributed by atoms with E-state index in [1.807, 2.05) is 74.0 Å². The number of ether oxygens (including phenoxy) is 1. The molecule has 0 bridgehead atoms. The molecule has 168 valence electrons. The lowest BCUT2D eigenvalue weighted by molar-refractivity contribution is -0.115. The lowest BCUT2D eigenvalue weighted by Crippen LogP contribution is -2.20. The van der Waals surface area contributed by atoms with Gasteiger partial charge in [0.05, 0.1) is 12.8 Å². The Morgan fingerprint density at radius 1 is 1.09 bits per heavy atom. The first-order chi connectivity index (χ1) is 15.4. The van der Waals surface area contributed by atoms with Crippen molar-refractivity contribution in [3.63, 3.8) is 0 Å². The number of methoxy groups -OCH3 is 1. The molecule has 1 aromatic heterocycles. The standard InChI is InChI=1S/C24H25ClN2O2S3/c1-15-13-20(30-3)21(24(26-15)31-4)27-23(28)22(17-7-11-19(29-2)12-8-17)32-14-16-5-9-18(25)10-6-16/h5-13,22H,14H2,1-4H3,(H,27,28). The van der Waals surface area contributed by atoms with E-state index in [2.05, 4.69) is 10.3 Å². The van der Waals surface area contributed by atoms with E-state index in [9.17, 15) is 4.79 Å². The number of nitrogens with zero attached hydrogens (tertiary/aromatic N) is 1. The Hall–Kier alpha value is -1.80. The molecule has 0 aliphatic rings. The average molecular weight is 505 g/mol. The first-order valence-corrected chi connectivity index (χ1v) is 13.7. The van der Waals surface area contributed by atoms with Crippen molar-refractivity contribution in [2.24, 2.45) is 0 Å². The van der Waals surface area contributed by atoms with Crippen molar-refractivity contribution >= 4 is 58.5 Å². The monoisotopic (exact) mass is 504 g/mol. The van der Waals surface area contributed by atoms with Crippen LogP contribution in [-0.2, 0) is 10.5 Å². The predicted molar refractivity (Wildman–Crippen MR) is 140 cm³/mol. The van der Waals surface area contributed by atoms with Crippen LogP contribution in [0.15, 0.2) is 64.5 Å². The van der Waals surface area contributed by atoms with Gasteiger partial charge in [-0.1, -0.05) is 35.9 Å². The summed E-state index contributed by atoms with van der Waals surface area (Å²) < 4.78 is 5.28. The SMILES string of the molecule is COc1ccc(C(SCc2ccc(Cl)cc2)C(=O)Nc2c(SC)cc(C)nc2SC)cc1. The van der Waals surface area contributed by atoms with Crippen LogP contribution in [0.3, 0.4) is 0 Å². The number of aromatic nitrogens is 1. The number of carbonyl (C=O) groups excluding carboxylic acids is 1. The van der Waals surface area contributed by atoms with Crippen LogP contribution >= 0.6 is 46.9 Å². The Labute approximate surface area is 207 Å². The van der Waals surface area contributed by atoms with Crippen LogP contribution in [0, 0.1) is 6.92 Å². The zero-order valence-corrected chi connectivity index (χ0v) is 21.6. The number of nitrogens with one attached hydrogen (secondary N) is 1. The smallest absolute Gasteiger partial charge is 0.242 e. The summed E-state index contributed by atoms with van der Waals surface area (Å²) in [7, 11) is 1.63. The Morgan fingerprint density at radius 3 is 2.38 bits per heavy atom. The molecule has 0 spiro atoms. The van der Waals surface area contributed by atoms with Crippen LogP contribution in [-0.4, -0.2) is 30.5 Å². The van der Waals surface area contributed by atoms with Crippen LogP contribution in [0.4, 0.5) is 5.69 Å². The first-order valence-electron chi connectivity index (χ1n) is 9.85. The first kappa shape index (κ1) is 24.8. The molecule has 8 heteroatoms. The molecular formula is C24H25ClN2O2S3. The van der Waals surface area contributed by atoms with E-state index in [0.29, 0.717) is 10.8 Å². The fraction of sp³-hybridized carbons (Fsp3) is 0.250. The molecule has 3 aromatic rings. The summed E-state index contributed by atoms with van der Waals surface area (Å²) in [5.41, 5.74) is 3.72. The summed E-state index contributed by atoms with van der Waals surface area (Å²) in [6, 6.07) is 17.4. The zero-order valence-electron chi connectivity index (χ0n) is 18.3. The van der Waals surface area contributed by atoms with Crippen LogP contribution < -0.4 is 10.1 Å². The van der Waals surface area contributed by atoms with Gasteiger partial charge in [0.15, 0.2) is 0 Å². The van der Waals surface area contributed by atoms with Gasteiger partial charge in [0, 0.05) is 21.4 Å². The molecule has 1 atom stereocenters. The third-order valence-corrected chi connectivity index (χ3v) is 7.74. The summed E-state index contributed by atoms with van der Waals surface area (Å²) in [6.07, 6.45) is 3.97. The van der Waals surface area contributed by atoms with Gasteiger partial charge < -0.3 is 10.1 Å². The number of aryl methyl sites for hydroxylation is 1. The second-order valence-corrected chi connectivity index (χ2v) is 10.1. The quantitative estimate of drug-likeness (QED) is 0.313. The van der Waals surface area contributed by atoms with E-state index in [1.54, 1.807) is 30.6 Å². The van der Waals surface area contributed by atoms with E-state index in [4.69, 9.17) is 16.3 Å². The fourth-order valence-electron chi connectivity index (χ4n) is 3.09. The molecule has 0 aliphatic carbocycles. The van der Waals surface area contributed by atoms with Crippen molar-refractivity contribution in [1.82, 2.24) is 4.98 Å². The largest absolute Gasteiger partial charge is 0.497 e. The third-order valence-electron chi connectivity index (χ3n) is 4.73. The minimum absolute atomic E-state index is 0.0783. The van der Waals surface area contributed by atoms with E-state index in [1.165, 1.54) is 11.8 Å².